The molecule has 1 aromatic carbocycles. The molecular formula is C14H20BrNO2. The van der Waals surface area contributed by atoms with Crippen LogP contribution < -0.4 is 10.1 Å². The van der Waals surface area contributed by atoms with E-state index in [1.54, 1.807) is 6.92 Å². The van der Waals surface area contributed by atoms with E-state index in [-0.39, 0.29) is 16.8 Å². The molecule has 0 aliphatic carbocycles. The van der Waals surface area contributed by atoms with Gasteiger partial charge in [-0.25, -0.2) is 0 Å². The van der Waals surface area contributed by atoms with Crippen LogP contribution in [-0.4, -0.2) is 23.4 Å². The summed E-state index contributed by atoms with van der Waals surface area (Å²) in [5.41, 5.74) is 1.29. The molecule has 1 N–H and O–H groups in total. The average molecular weight is 314 g/mol. The van der Waals surface area contributed by atoms with Gasteiger partial charge in [0.05, 0.1) is 11.4 Å². The van der Waals surface area contributed by atoms with E-state index in [0.29, 0.717) is 6.54 Å². The average Bonchev–Trinajstić information content (AvgIpc) is 2.36. The number of hydrogen-bond donors (Lipinski definition) is 1. The number of alkyl halides is 1. The third-order valence-electron chi connectivity index (χ3n) is 2.59. The topological polar surface area (TPSA) is 38.3 Å². The molecule has 2 atom stereocenters. The molecule has 0 aliphatic rings. The van der Waals surface area contributed by atoms with E-state index in [0.717, 1.165) is 12.2 Å². The van der Waals surface area contributed by atoms with Gasteiger partial charge >= 0.3 is 0 Å². The van der Waals surface area contributed by atoms with Gasteiger partial charge in [0.15, 0.2) is 0 Å². The van der Waals surface area contributed by atoms with Gasteiger partial charge in [0.25, 0.3) is 0 Å². The molecule has 4 heteroatoms. The second-order valence-corrected chi connectivity index (χ2v) is 5.66. The van der Waals surface area contributed by atoms with Crippen molar-refractivity contribution in [2.45, 2.75) is 38.1 Å². The van der Waals surface area contributed by atoms with E-state index in [9.17, 15) is 4.79 Å². The highest BCUT2D eigenvalue weighted by Gasteiger charge is 2.10. The Kier molecular flexibility index (Phi) is 6.19. The fourth-order valence-electron chi connectivity index (χ4n) is 1.46. The summed E-state index contributed by atoms with van der Waals surface area (Å²) in [5.74, 6) is 0.813. The van der Waals surface area contributed by atoms with Gasteiger partial charge in [0.2, 0.25) is 5.91 Å². The van der Waals surface area contributed by atoms with Crippen LogP contribution in [0, 0.1) is 0 Å². The molecule has 1 amide bonds. The van der Waals surface area contributed by atoms with E-state index < -0.39 is 0 Å². The van der Waals surface area contributed by atoms with Crippen LogP contribution in [-0.2, 0) is 11.2 Å². The van der Waals surface area contributed by atoms with Gasteiger partial charge < -0.3 is 10.1 Å². The number of amides is 1. The number of carbonyl (C=O) groups excluding carboxylic acids is 1. The maximum absolute atomic E-state index is 11.4. The molecule has 3 nitrogen and oxygen atoms in total. The summed E-state index contributed by atoms with van der Waals surface area (Å²) in [4.78, 5) is 11.2. The van der Waals surface area contributed by atoms with Crippen LogP contribution >= 0.6 is 15.9 Å². The Labute approximate surface area is 117 Å². The minimum absolute atomic E-state index is 0.0215. The first-order valence-electron chi connectivity index (χ1n) is 6.20. The summed E-state index contributed by atoms with van der Waals surface area (Å²) < 4.78 is 5.71. The number of carbonyl (C=O) groups is 1. The summed E-state index contributed by atoms with van der Waals surface area (Å²) in [5, 5.41) is 2.81. The van der Waals surface area contributed by atoms with Crippen molar-refractivity contribution in [1.82, 2.24) is 5.32 Å². The Bertz CT molecular complexity index is 376. The number of benzene rings is 1. The molecule has 0 spiro atoms. The Morgan fingerprint density at radius 1 is 1.33 bits per heavy atom. The molecule has 0 bridgehead atoms. The standard InChI is InChI=1S/C14H20BrNO2/c1-4-12-5-7-13(8-6-12)18-10(2)9-16-14(17)11(3)15/h5-8,10-11H,4,9H2,1-3H3,(H,16,17). The van der Waals surface area contributed by atoms with Crippen molar-refractivity contribution in [1.29, 1.82) is 0 Å². The smallest absolute Gasteiger partial charge is 0.233 e. The third kappa shape index (κ3) is 5.08. The molecule has 18 heavy (non-hydrogen) atoms. The summed E-state index contributed by atoms with van der Waals surface area (Å²) in [6, 6.07) is 8.04. The lowest BCUT2D eigenvalue weighted by Crippen LogP contribution is -2.36. The van der Waals surface area contributed by atoms with Crippen molar-refractivity contribution in [2.24, 2.45) is 0 Å². The predicted molar refractivity (Wildman–Crippen MR) is 77.3 cm³/mol. The SMILES string of the molecule is CCc1ccc(OC(C)CNC(=O)C(C)Br)cc1. The van der Waals surface area contributed by atoms with Crippen molar-refractivity contribution in [3.63, 3.8) is 0 Å². The lowest BCUT2D eigenvalue weighted by atomic mass is 10.2. The molecule has 0 heterocycles. The second-order valence-electron chi connectivity index (χ2n) is 4.29. The highest BCUT2D eigenvalue weighted by atomic mass is 79.9. The Morgan fingerprint density at radius 3 is 2.44 bits per heavy atom. The second kappa shape index (κ2) is 7.41. The van der Waals surface area contributed by atoms with Gasteiger partial charge in [0, 0.05) is 0 Å². The number of ether oxygens (including phenoxy) is 1. The van der Waals surface area contributed by atoms with E-state index in [1.165, 1.54) is 5.56 Å². The summed E-state index contributed by atoms with van der Waals surface area (Å²) in [7, 11) is 0. The van der Waals surface area contributed by atoms with Crippen molar-refractivity contribution in [3.05, 3.63) is 29.8 Å². The molecule has 0 fully saturated rings. The zero-order valence-corrected chi connectivity index (χ0v) is 12.7. The molecule has 0 saturated heterocycles. The number of rotatable bonds is 6. The molecular weight excluding hydrogens is 294 g/mol. The first kappa shape index (κ1) is 15.0. The van der Waals surface area contributed by atoms with Gasteiger partial charge in [-0.3, -0.25) is 4.79 Å². The maximum Gasteiger partial charge on any atom is 0.233 e. The van der Waals surface area contributed by atoms with Crippen LogP contribution in [0.3, 0.4) is 0 Å². The van der Waals surface area contributed by atoms with Gasteiger partial charge in [-0.1, -0.05) is 35.0 Å². The van der Waals surface area contributed by atoms with Gasteiger partial charge in [-0.05, 0) is 38.0 Å². The van der Waals surface area contributed by atoms with Gasteiger partial charge in [-0.15, -0.1) is 0 Å². The van der Waals surface area contributed by atoms with E-state index in [4.69, 9.17) is 4.74 Å². The minimum Gasteiger partial charge on any atom is -0.489 e. The van der Waals surface area contributed by atoms with Crippen LogP contribution in [0.25, 0.3) is 0 Å². The number of hydrogen-bond acceptors (Lipinski definition) is 2. The number of aryl methyl sites for hydroxylation is 1. The summed E-state index contributed by atoms with van der Waals surface area (Å²) >= 11 is 3.22. The fourth-order valence-corrected chi connectivity index (χ4v) is 1.62. The van der Waals surface area contributed by atoms with Crippen LogP contribution in [0.4, 0.5) is 0 Å². The van der Waals surface area contributed by atoms with Crippen molar-refractivity contribution in [3.8, 4) is 5.75 Å². The van der Waals surface area contributed by atoms with E-state index >= 15 is 0 Å². The highest BCUT2D eigenvalue weighted by molar-refractivity contribution is 9.10. The lowest BCUT2D eigenvalue weighted by molar-refractivity contribution is -0.120. The molecule has 1 rings (SSSR count). The molecule has 0 saturated carbocycles. The first-order chi connectivity index (χ1) is 8.52. The quantitative estimate of drug-likeness (QED) is 0.820. The Morgan fingerprint density at radius 2 is 1.94 bits per heavy atom. The van der Waals surface area contributed by atoms with E-state index in [1.807, 2.05) is 19.1 Å². The fraction of sp³-hybridized carbons (Fsp3) is 0.500. The molecule has 0 aromatic heterocycles. The van der Waals surface area contributed by atoms with Crippen LogP contribution in [0.15, 0.2) is 24.3 Å². The largest absolute Gasteiger partial charge is 0.489 e. The Hall–Kier alpha value is -1.03. The van der Waals surface area contributed by atoms with Gasteiger partial charge in [0.1, 0.15) is 11.9 Å². The summed E-state index contributed by atoms with van der Waals surface area (Å²) in [6.45, 7) is 6.36. The molecule has 0 aliphatic heterocycles. The minimum atomic E-state index is -0.173. The zero-order chi connectivity index (χ0) is 13.5. The van der Waals surface area contributed by atoms with Crippen LogP contribution in [0.1, 0.15) is 26.3 Å². The van der Waals surface area contributed by atoms with E-state index in [2.05, 4.69) is 40.3 Å². The van der Waals surface area contributed by atoms with Crippen molar-refractivity contribution < 1.29 is 9.53 Å². The zero-order valence-electron chi connectivity index (χ0n) is 11.1. The normalized spacial score (nSPS) is 13.8. The number of halogens is 1. The van der Waals surface area contributed by atoms with Crippen molar-refractivity contribution in [2.75, 3.05) is 6.54 Å². The summed E-state index contributed by atoms with van der Waals surface area (Å²) in [6.07, 6.45) is 0.974. The lowest BCUT2D eigenvalue weighted by Gasteiger charge is -2.16. The Balaban J connectivity index is 2.39. The molecule has 0 radical (unpaired) electrons. The highest BCUT2D eigenvalue weighted by Crippen LogP contribution is 2.14. The molecule has 2 unspecified atom stereocenters. The number of nitrogens with one attached hydrogen (secondary N) is 1. The molecule has 1 aromatic rings. The van der Waals surface area contributed by atoms with Gasteiger partial charge in [-0.2, -0.15) is 0 Å². The van der Waals surface area contributed by atoms with Crippen molar-refractivity contribution >= 4 is 21.8 Å². The maximum atomic E-state index is 11.4. The van der Waals surface area contributed by atoms with Crippen LogP contribution in [0.5, 0.6) is 5.75 Å². The molecule has 100 valence electrons. The monoisotopic (exact) mass is 313 g/mol. The first-order valence-corrected chi connectivity index (χ1v) is 7.12. The third-order valence-corrected chi connectivity index (χ3v) is 3.01. The van der Waals surface area contributed by atoms with Crippen LogP contribution in [0.2, 0.25) is 0 Å². The predicted octanol–water partition coefficient (Wildman–Crippen LogP) is 2.92.